The van der Waals surface area contributed by atoms with Crippen molar-refractivity contribution in [2.45, 2.75) is 33.4 Å². The van der Waals surface area contributed by atoms with Gasteiger partial charge in [-0.2, -0.15) is 10.2 Å². The Morgan fingerprint density at radius 1 is 1.33 bits per heavy atom. The Morgan fingerprint density at radius 2 is 2.06 bits per heavy atom. The van der Waals surface area contributed by atoms with Gasteiger partial charge in [0.15, 0.2) is 0 Å². The topological polar surface area (TPSA) is 47.7 Å². The monoisotopic (exact) mass is 269 g/mol. The first kappa shape index (κ1) is 14.6. The van der Waals surface area contributed by atoms with Gasteiger partial charge >= 0.3 is 0 Å². The molecule has 0 unspecified atom stereocenters. The van der Waals surface area contributed by atoms with Gasteiger partial charge in [0.25, 0.3) is 0 Å². The smallest absolute Gasteiger partial charge is 0.0729 e. The van der Waals surface area contributed by atoms with Crippen LogP contribution in [0, 0.1) is 6.92 Å². The average molecular weight is 270 g/mol. The van der Waals surface area contributed by atoms with E-state index in [1.807, 2.05) is 41.9 Å². The van der Waals surface area contributed by atoms with Gasteiger partial charge in [-0.25, -0.2) is 0 Å². The Bertz CT molecular complexity index is 500. The lowest BCUT2D eigenvalue weighted by atomic mass is 10.2. The summed E-state index contributed by atoms with van der Waals surface area (Å²) in [5, 5.41) is 12.0. The molecule has 0 aromatic carbocycles. The van der Waals surface area contributed by atoms with Crippen LogP contribution in [0.3, 0.4) is 0 Å². The summed E-state index contributed by atoms with van der Waals surface area (Å²) in [4.78, 5) is 0. The number of aryl methyl sites for hydroxylation is 2. The fourth-order valence-corrected chi connectivity index (χ4v) is 1.73. The predicted molar refractivity (Wildman–Crippen MR) is 75.1 cm³/mol. The van der Waals surface area contributed by atoms with E-state index in [0.717, 1.165) is 17.9 Å². The summed E-state index contributed by atoms with van der Waals surface area (Å²) in [6.45, 7) is 7.03. The molecule has 0 fully saturated rings. The minimum Gasteiger partial charge on any atom is -0.378 e. The number of hydrogen-bond donors (Lipinski definition) is 1. The Hall–Kier alpha value is -1.49. The number of hydrogen-bond acceptors (Lipinski definition) is 3. The molecule has 18 heavy (non-hydrogen) atoms. The Balaban J connectivity index is 0.00000162. The number of nitrogens with one attached hydrogen (secondary N) is 1. The van der Waals surface area contributed by atoms with Crippen LogP contribution in [0.1, 0.15) is 31.1 Å². The molecular weight excluding hydrogens is 250 g/mol. The van der Waals surface area contributed by atoms with E-state index in [4.69, 9.17) is 0 Å². The third kappa shape index (κ3) is 3.26. The third-order valence-electron chi connectivity index (χ3n) is 2.73. The number of halogens is 1. The molecule has 0 atom stereocenters. The lowest BCUT2D eigenvalue weighted by Crippen LogP contribution is -2.01. The van der Waals surface area contributed by atoms with Crippen LogP contribution in [0.2, 0.25) is 0 Å². The molecule has 2 heterocycles. The van der Waals surface area contributed by atoms with Crippen molar-refractivity contribution in [2.75, 3.05) is 5.32 Å². The lowest BCUT2D eigenvalue weighted by molar-refractivity contribution is 0.532. The molecule has 100 valence electrons. The first-order valence-corrected chi connectivity index (χ1v) is 5.83. The minimum absolute atomic E-state index is 0. The van der Waals surface area contributed by atoms with Gasteiger partial charge in [-0.3, -0.25) is 9.36 Å². The van der Waals surface area contributed by atoms with Crippen LogP contribution >= 0.6 is 12.4 Å². The fraction of sp³-hybridized carbons (Fsp3) is 0.500. The predicted octanol–water partition coefficient (Wildman–Crippen LogP) is 2.54. The van der Waals surface area contributed by atoms with Crippen LogP contribution in [0.25, 0.3) is 0 Å². The molecule has 2 aromatic rings. The zero-order valence-electron chi connectivity index (χ0n) is 11.2. The first-order chi connectivity index (χ1) is 8.06. The highest BCUT2D eigenvalue weighted by Gasteiger charge is 2.04. The SMILES string of the molecule is Cc1nn(C)cc1CNc1cnn(C(C)C)c1.Cl. The van der Waals surface area contributed by atoms with E-state index in [9.17, 15) is 0 Å². The van der Waals surface area contributed by atoms with E-state index in [0.29, 0.717) is 6.04 Å². The molecule has 0 amide bonds. The van der Waals surface area contributed by atoms with Crippen LogP contribution in [0.4, 0.5) is 5.69 Å². The van der Waals surface area contributed by atoms with Gasteiger partial charge in [-0.1, -0.05) is 0 Å². The third-order valence-corrected chi connectivity index (χ3v) is 2.73. The van der Waals surface area contributed by atoms with Crippen LogP contribution in [-0.2, 0) is 13.6 Å². The second-order valence-corrected chi connectivity index (χ2v) is 4.57. The molecule has 0 saturated carbocycles. The summed E-state index contributed by atoms with van der Waals surface area (Å²) in [5.74, 6) is 0. The number of anilines is 1. The molecule has 0 aliphatic rings. The summed E-state index contributed by atoms with van der Waals surface area (Å²) in [5.41, 5.74) is 3.32. The van der Waals surface area contributed by atoms with Gasteiger partial charge < -0.3 is 5.32 Å². The zero-order valence-corrected chi connectivity index (χ0v) is 12.0. The lowest BCUT2D eigenvalue weighted by Gasteiger charge is -2.04. The molecule has 0 bridgehead atoms. The highest BCUT2D eigenvalue weighted by atomic mass is 35.5. The van der Waals surface area contributed by atoms with Crippen LogP contribution in [0.5, 0.6) is 0 Å². The zero-order chi connectivity index (χ0) is 12.4. The van der Waals surface area contributed by atoms with Crippen molar-refractivity contribution < 1.29 is 0 Å². The molecule has 0 aliphatic heterocycles. The standard InChI is InChI=1S/C12H19N5.ClH/c1-9(2)17-8-12(6-14-17)13-5-11-7-16(4)15-10(11)3;/h6-9,13H,5H2,1-4H3;1H. The fourth-order valence-electron chi connectivity index (χ4n) is 1.73. The van der Waals surface area contributed by atoms with Crippen molar-refractivity contribution in [3.8, 4) is 0 Å². The Kier molecular flexibility index (Phi) is 4.78. The quantitative estimate of drug-likeness (QED) is 0.928. The van der Waals surface area contributed by atoms with Gasteiger partial charge in [0.05, 0.1) is 17.6 Å². The van der Waals surface area contributed by atoms with Gasteiger partial charge in [0.1, 0.15) is 0 Å². The van der Waals surface area contributed by atoms with Crippen molar-refractivity contribution in [3.05, 3.63) is 29.8 Å². The Labute approximate surface area is 114 Å². The molecule has 0 saturated heterocycles. The molecule has 6 heteroatoms. The summed E-state index contributed by atoms with van der Waals surface area (Å²) >= 11 is 0. The minimum atomic E-state index is 0. The van der Waals surface area contributed by atoms with Crippen LogP contribution < -0.4 is 5.32 Å². The molecule has 5 nitrogen and oxygen atoms in total. The molecule has 2 aromatic heterocycles. The van der Waals surface area contributed by atoms with Gasteiger partial charge in [0.2, 0.25) is 0 Å². The van der Waals surface area contributed by atoms with Crippen LogP contribution in [-0.4, -0.2) is 19.6 Å². The van der Waals surface area contributed by atoms with Gasteiger partial charge in [-0.05, 0) is 20.8 Å². The highest BCUT2D eigenvalue weighted by molar-refractivity contribution is 5.85. The van der Waals surface area contributed by atoms with Crippen LogP contribution in [0.15, 0.2) is 18.6 Å². The Morgan fingerprint density at radius 3 is 2.56 bits per heavy atom. The molecular formula is C12H20ClN5. The van der Waals surface area contributed by atoms with Crippen molar-refractivity contribution >= 4 is 18.1 Å². The van der Waals surface area contributed by atoms with Crippen molar-refractivity contribution in [1.29, 1.82) is 0 Å². The summed E-state index contributed by atoms with van der Waals surface area (Å²) in [6, 6.07) is 0.394. The van der Waals surface area contributed by atoms with E-state index in [-0.39, 0.29) is 12.4 Å². The highest BCUT2D eigenvalue weighted by Crippen LogP contribution is 2.12. The van der Waals surface area contributed by atoms with E-state index >= 15 is 0 Å². The normalized spacial score (nSPS) is 10.5. The van der Waals surface area contributed by atoms with E-state index < -0.39 is 0 Å². The largest absolute Gasteiger partial charge is 0.378 e. The van der Waals surface area contributed by atoms with E-state index in [1.165, 1.54) is 5.56 Å². The van der Waals surface area contributed by atoms with Crippen molar-refractivity contribution in [1.82, 2.24) is 19.6 Å². The number of nitrogens with zero attached hydrogens (tertiary/aromatic N) is 4. The molecule has 0 aliphatic carbocycles. The van der Waals surface area contributed by atoms with E-state index in [1.54, 1.807) is 0 Å². The molecule has 0 spiro atoms. The summed E-state index contributed by atoms with van der Waals surface area (Å²) in [6.07, 6.45) is 5.91. The van der Waals surface area contributed by atoms with Gasteiger partial charge in [-0.15, -0.1) is 12.4 Å². The number of rotatable bonds is 4. The number of aromatic nitrogens is 4. The second-order valence-electron chi connectivity index (χ2n) is 4.57. The summed E-state index contributed by atoms with van der Waals surface area (Å²) < 4.78 is 3.78. The summed E-state index contributed by atoms with van der Waals surface area (Å²) in [7, 11) is 1.94. The first-order valence-electron chi connectivity index (χ1n) is 5.83. The molecule has 2 rings (SSSR count). The maximum absolute atomic E-state index is 4.31. The second kappa shape index (κ2) is 5.91. The average Bonchev–Trinajstić information content (AvgIpc) is 2.82. The van der Waals surface area contributed by atoms with Crippen molar-refractivity contribution in [3.63, 3.8) is 0 Å². The molecule has 0 radical (unpaired) electrons. The van der Waals surface area contributed by atoms with E-state index in [2.05, 4.69) is 29.4 Å². The van der Waals surface area contributed by atoms with Gasteiger partial charge in [0, 0.05) is 37.6 Å². The molecule has 1 N–H and O–H groups in total. The maximum Gasteiger partial charge on any atom is 0.0729 e. The van der Waals surface area contributed by atoms with Crippen molar-refractivity contribution in [2.24, 2.45) is 7.05 Å². The maximum atomic E-state index is 4.31.